The Hall–Kier alpha value is -3.55. The van der Waals surface area contributed by atoms with E-state index in [0.29, 0.717) is 28.7 Å². The summed E-state index contributed by atoms with van der Waals surface area (Å²) >= 11 is 7.52. The van der Waals surface area contributed by atoms with Crippen LogP contribution in [-0.4, -0.2) is 30.5 Å². The highest BCUT2D eigenvalue weighted by molar-refractivity contribution is 8.02. The van der Waals surface area contributed by atoms with Gasteiger partial charge in [-0.05, 0) is 30.2 Å². The number of nitro groups is 1. The summed E-state index contributed by atoms with van der Waals surface area (Å²) < 4.78 is 10.3. The molecule has 0 saturated carbocycles. The summed E-state index contributed by atoms with van der Waals surface area (Å²) in [6.07, 6.45) is 0. The third-order valence-corrected chi connectivity index (χ3v) is 6.51. The van der Waals surface area contributed by atoms with Crippen LogP contribution in [0.25, 0.3) is 0 Å². The van der Waals surface area contributed by atoms with Gasteiger partial charge in [-0.1, -0.05) is 29.8 Å². The average molecular weight is 502 g/mol. The molecule has 0 fully saturated rings. The van der Waals surface area contributed by atoms with Crippen molar-refractivity contribution in [2.24, 2.45) is 5.92 Å². The maximum Gasteiger partial charge on any atom is 0.319 e. The third kappa shape index (κ3) is 5.32. The molecule has 2 aromatic rings. The number of esters is 1. The number of amides is 1. The Morgan fingerprint density at radius 3 is 2.56 bits per heavy atom. The smallest absolute Gasteiger partial charge is 0.319 e. The largest absolute Gasteiger partial charge is 0.492 e. The summed E-state index contributed by atoms with van der Waals surface area (Å²) in [6.45, 7) is 2.22. The highest BCUT2D eigenvalue weighted by Gasteiger charge is 2.44. The molecule has 3 rings (SSSR count). The number of hydrogen-bond acceptors (Lipinski definition) is 8. The molecule has 1 aliphatic rings. The zero-order valence-electron chi connectivity index (χ0n) is 18.2. The van der Waals surface area contributed by atoms with E-state index in [4.69, 9.17) is 21.1 Å². The number of nitrogens with one attached hydrogen (secondary N) is 1. The molecule has 176 valence electrons. The van der Waals surface area contributed by atoms with Crippen LogP contribution in [-0.2, 0) is 20.1 Å². The highest BCUT2D eigenvalue weighted by Crippen LogP contribution is 2.42. The molecule has 1 amide bonds. The van der Waals surface area contributed by atoms with E-state index >= 15 is 0 Å². The molecule has 0 spiro atoms. The summed E-state index contributed by atoms with van der Waals surface area (Å²) in [5, 5.41) is 24.1. The van der Waals surface area contributed by atoms with Crippen LogP contribution in [0.2, 0.25) is 5.02 Å². The summed E-state index contributed by atoms with van der Waals surface area (Å²) in [6, 6.07) is 12.9. The zero-order valence-corrected chi connectivity index (χ0v) is 19.8. The molecule has 2 atom stereocenters. The van der Waals surface area contributed by atoms with Crippen molar-refractivity contribution in [3.8, 4) is 11.8 Å². The Bertz CT molecular complexity index is 1190. The fraction of sp³-hybridized carbons (Fsp3) is 0.261. The normalized spacial score (nSPS) is 17.5. The summed E-state index contributed by atoms with van der Waals surface area (Å²) in [4.78, 5) is 35.8. The summed E-state index contributed by atoms with van der Waals surface area (Å²) in [5.41, 5.74) is 1.39. The van der Waals surface area contributed by atoms with Crippen LogP contribution in [0, 0.1) is 27.4 Å². The van der Waals surface area contributed by atoms with Crippen molar-refractivity contribution in [3.63, 3.8) is 0 Å². The first-order valence-electron chi connectivity index (χ1n) is 10.1. The van der Waals surface area contributed by atoms with Gasteiger partial charge in [0, 0.05) is 23.8 Å². The predicted molar refractivity (Wildman–Crippen MR) is 126 cm³/mol. The number of hydrogen-bond donors (Lipinski definition) is 1. The van der Waals surface area contributed by atoms with Gasteiger partial charge in [0.15, 0.2) is 0 Å². The first kappa shape index (κ1) is 25.1. The monoisotopic (exact) mass is 501 g/mol. The van der Waals surface area contributed by atoms with E-state index in [1.165, 1.54) is 31.0 Å². The number of thioether (sulfide) groups is 1. The van der Waals surface area contributed by atoms with E-state index < -0.39 is 28.6 Å². The number of allylic oxidation sites excluding steroid dienone is 1. The molecule has 11 heteroatoms. The van der Waals surface area contributed by atoms with Gasteiger partial charge in [-0.25, -0.2) is 0 Å². The van der Waals surface area contributed by atoms with Gasteiger partial charge in [0.2, 0.25) is 5.91 Å². The summed E-state index contributed by atoms with van der Waals surface area (Å²) in [5.74, 6) is -2.81. The molecule has 0 radical (unpaired) electrons. The molecule has 1 N–H and O–H groups in total. The van der Waals surface area contributed by atoms with Crippen molar-refractivity contribution in [3.05, 3.63) is 79.3 Å². The minimum atomic E-state index is -1.28. The number of methoxy groups -OCH3 is 1. The van der Waals surface area contributed by atoms with Crippen molar-refractivity contribution in [1.29, 1.82) is 5.26 Å². The zero-order chi connectivity index (χ0) is 24.8. The minimum Gasteiger partial charge on any atom is -0.492 e. The van der Waals surface area contributed by atoms with Crippen LogP contribution in [0.4, 0.5) is 5.69 Å². The van der Waals surface area contributed by atoms with Crippen molar-refractivity contribution >= 4 is 40.9 Å². The number of halogens is 1. The maximum atomic E-state index is 12.9. The Balaban J connectivity index is 2.00. The number of ether oxygens (including phenoxy) is 2. The Morgan fingerprint density at radius 2 is 2.00 bits per heavy atom. The molecule has 2 aromatic carbocycles. The van der Waals surface area contributed by atoms with Gasteiger partial charge in [0.05, 0.1) is 40.3 Å². The van der Waals surface area contributed by atoms with Crippen LogP contribution >= 0.6 is 23.4 Å². The molecule has 1 heterocycles. The fourth-order valence-corrected chi connectivity index (χ4v) is 4.78. The first-order valence-corrected chi connectivity index (χ1v) is 11.5. The molecule has 1 aliphatic heterocycles. The lowest BCUT2D eigenvalue weighted by molar-refractivity contribution is -0.384. The predicted octanol–water partition coefficient (Wildman–Crippen LogP) is 4.32. The lowest BCUT2D eigenvalue weighted by atomic mass is 9.78. The SMILES string of the molecule is CCOc1ccc([C@H]2C(C#N)=C(SCc3ccc([N+](=O)[O-])cc3)NC(=O)[C@@H]2C(=O)OC)cc1Cl. The van der Waals surface area contributed by atoms with Gasteiger partial charge in [-0.15, -0.1) is 11.8 Å². The number of carbonyl (C=O) groups excluding carboxylic acids is 2. The molecule has 0 saturated heterocycles. The molecule has 9 nitrogen and oxygen atoms in total. The third-order valence-electron chi connectivity index (χ3n) is 5.13. The van der Waals surface area contributed by atoms with E-state index in [1.54, 1.807) is 30.3 Å². The molecule has 34 heavy (non-hydrogen) atoms. The van der Waals surface area contributed by atoms with Crippen molar-refractivity contribution in [2.45, 2.75) is 18.6 Å². The summed E-state index contributed by atoms with van der Waals surface area (Å²) in [7, 11) is 1.17. The number of nitrogens with zero attached hydrogens (tertiary/aromatic N) is 2. The van der Waals surface area contributed by atoms with E-state index in [2.05, 4.69) is 11.4 Å². The van der Waals surface area contributed by atoms with E-state index in [-0.39, 0.29) is 16.3 Å². The van der Waals surface area contributed by atoms with E-state index in [1.807, 2.05) is 6.92 Å². The van der Waals surface area contributed by atoms with Crippen LogP contribution in [0.5, 0.6) is 5.75 Å². The van der Waals surface area contributed by atoms with Gasteiger partial charge in [-0.2, -0.15) is 5.26 Å². The Morgan fingerprint density at radius 1 is 1.29 bits per heavy atom. The van der Waals surface area contributed by atoms with Gasteiger partial charge in [0.1, 0.15) is 11.7 Å². The van der Waals surface area contributed by atoms with Gasteiger partial charge in [0.25, 0.3) is 5.69 Å². The van der Waals surface area contributed by atoms with Gasteiger partial charge < -0.3 is 14.8 Å². The van der Waals surface area contributed by atoms with Crippen molar-refractivity contribution in [1.82, 2.24) is 5.32 Å². The van der Waals surface area contributed by atoms with Crippen molar-refractivity contribution in [2.75, 3.05) is 13.7 Å². The highest BCUT2D eigenvalue weighted by atomic mass is 35.5. The molecule has 0 aliphatic carbocycles. The van der Waals surface area contributed by atoms with Crippen LogP contribution < -0.4 is 10.1 Å². The number of nitriles is 1. The molecule has 0 aromatic heterocycles. The van der Waals surface area contributed by atoms with E-state index in [9.17, 15) is 25.0 Å². The molecule has 0 unspecified atom stereocenters. The first-order chi connectivity index (χ1) is 16.3. The number of benzene rings is 2. The maximum absolute atomic E-state index is 12.9. The van der Waals surface area contributed by atoms with Crippen LogP contribution in [0.1, 0.15) is 24.0 Å². The number of carbonyl (C=O) groups is 2. The number of rotatable bonds is 8. The van der Waals surface area contributed by atoms with E-state index in [0.717, 1.165) is 5.56 Å². The average Bonchev–Trinajstić information content (AvgIpc) is 2.83. The van der Waals surface area contributed by atoms with Crippen molar-refractivity contribution < 1.29 is 24.0 Å². The standard InChI is InChI=1S/C23H20ClN3O6S/c1-3-33-18-9-6-14(10-17(18)24)19-16(11-25)22(26-21(28)20(19)23(29)32-2)34-12-13-4-7-15(8-5-13)27(30)31/h4-10,19-20H,3,12H2,1-2H3,(H,26,28)/t19-,20+/m0/s1. The van der Waals surface area contributed by atoms with Gasteiger partial charge in [-0.3, -0.25) is 19.7 Å². The molecule has 0 bridgehead atoms. The Labute approximate surface area is 204 Å². The second-order valence-corrected chi connectivity index (χ2v) is 8.55. The quantitative estimate of drug-likeness (QED) is 0.245. The number of non-ortho nitro benzene ring substituents is 1. The Kier molecular flexibility index (Phi) is 8.15. The number of nitro benzene ring substituents is 1. The van der Waals surface area contributed by atoms with Crippen LogP contribution in [0.15, 0.2) is 53.1 Å². The lowest BCUT2D eigenvalue weighted by Gasteiger charge is -2.31. The second kappa shape index (κ2) is 11.0. The molecular weight excluding hydrogens is 482 g/mol. The second-order valence-electron chi connectivity index (χ2n) is 7.16. The fourth-order valence-electron chi connectivity index (χ4n) is 3.53. The van der Waals surface area contributed by atoms with Gasteiger partial charge >= 0.3 is 5.97 Å². The minimum absolute atomic E-state index is 0.0370. The topological polar surface area (TPSA) is 132 Å². The van der Waals surface area contributed by atoms with Crippen LogP contribution in [0.3, 0.4) is 0 Å². The lowest BCUT2D eigenvalue weighted by Crippen LogP contribution is -2.44. The molecular formula is C23H20ClN3O6S.